The van der Waals surface area contributed by atoms with Crippen molar-refractivity contribution in [1.82, 2.24) is 19.7 Å². The Morgan fingerprint density at radius 2 is 2.06 bits per heavy atom. The maximum atomic E-state index is 13.3. The molecule has 3 heterocycles. The largest absolute Gasteiger partial charge is 0.467 e. The topological polar surface area (TPSA) is 64.2 Å². The van der Waals surface area contributed by atoms with Crippen LogP contribution in [-0.2, 0) is 11.3 Å². The Morgan fingerprint density at radius 3 is 2.81 bits per heavy atom. The molecule has 1 aliphatic rings. The summed E-state index contributed by atoms with van der Waals surface area (Å²) in [5.41, 5.74) is 2.17. The van der Waals surface area contributed by atoms with Gasteiger partial charge < -0.3 is 9.32 Å². The van der Waals surface area contributed by atoms with E-state index in [9.17, 15) is 4.79 Å². The van der Waals surface area contributed by atoms with Crippen molar-refractivity contribution in [3.05, 3.63) is 54.0 Å². The van der Waals surface area contributed by atoms with Crippen LogP contribution in [0, 0.1) is 6.92 Å². The number of benzene rings is 1. The highest BCUT2D eigenvalue weighted by Gasteiger charge is 2.30. The molecule has 7 heteroatoms. The number of thioether (sulfide) groups is 1. The zero-order chi connectivity index (χ0) is 21.8. The van der Waals surface area contributed by atoms with Gasteiger partial charge in [-0.25, -0.2) is 0 Å². The van der Waals surface area contributed by atoms with Gasteiger partial charge >= 0.3 is 0 Å². The third-order valence-electron chi connectivity index (χ3n) is 6.01. The lowest BCUT2D eigenvalue weighted by atomic mass is 10.00. The predicted molar refractivity (Wildman–Crippen MR) is 123 cm³/mol. The van der Waals surface area contributed by atoms with E-state index in [0.717, 1.165) is 53.7 Å². The van der Waals surface area contributed by atoms with E-state index >= 15 is 0 Å². The van der Waals surface area contributed by atoms with Crippen LogP contribution < -0.4 is 0 Å². The van der Waals surface area contributed by atoms with Crippen LogP contribution in [0.25, 0.3) is 11.4 Å². The van der Waals surface area contributed by atoms with Gasteiger partial charge in [0.05, 0.1) is 18.1 Å². The number of amides is 1. The third-order valence-corrected chi connectivity index (χ3v) is 7.08. The Bertz CT molecular complexity index is 1010. The molecule has 1 saturated heterocycles. The fraction of sp³-hybridized carbons (Fsp3) is 0.458. The van der Waals surface area contributed by atoms with Gasteiger partial charge in [-0.1, -0.05) is 43.0 Å². The molecular formula is C24H30N4O2S. The summed E-state index contributed by atoms with van der Waals surface area (Å²) in [6.45, 7) is 7.60. The number of rotatable bonds is 7. The Hall–Kier alpha value is -2.54. The maximum Gasteiger partial charge on any atom is 0.236 e. The summed E-state index contributed by atoms with van der Waals surface area (Å²) in [4.78, 5) is 15.3. The van der Waals surface area contributed by atoms with E-state index in [0.29, 0.717) is 12.6 Å². The first-order chi connectivity index (χ1) is 15.1. The minimum atomic E-state index is -0.226. The molecular weight excluding hydrogens is 408 g/mol. The van der Waals surface area contributed by atoms with Crippen LogP contribution in [0.1, 0.15) is 50.9 Å². The van der Waals surface area contributed by atoms with Gasteiger partial charge in [0.1, 0.15) is 5.76 Å². The second kappa shape index (κ2) is 9.73. The van der Waals surface area contributed by atoms with Gasteiger partial charge in [-0.2, -0.15) is 0 Å². The van der Waals surface area contributed by atoms with Crippen LogP contribution in [-0.4, -0.2) is 43.4 Å². The zero-order valence-electron chi connectivity index (χ0n) is 18.5. The quantitative estimate of drug-likeness (QED) is 0.476. The number of hydrogen-bond acceptors (Lipinski definition) is 5. The van der Waals surface area contributed by atoms with E-state index in [1.54, 1.807) is 6.26 Å². The Kier molecular flexibility index (Phi) is 6.80. The van der Waals surface area contributed by atoms with Crippen LogP contribution in [0.4, 0.5) is 0 Å². The smallest absolute Gasteiger partial charge is 0.236 e. The zero-order valence-corrected chi connectivity index (χ0v) is 19.3. The molecule has 2 aromatic heterocycles. The molecule has 6 nitrogen and oxygen atoms in total. The molecule has 0 bridgehead atoms. The number of furan rings is 1. The molecule has 0 aliphatic carbocycles. The van der Waals surface area contributed by atoms with Crippen molar-refractivity contribution in [2.24, 2.45) is 0 Å². The molecule has 31 heavy (non-hydrogen) atoms. The van der Waals surface area contributed by atoms with Crippen LogP contribution >= 0.6 is 11.8 Å². The molecule has 1 aromatic carbocycles. The Balaban J connectivity index is 1.61. The van der Waals surface area contributed by atoms with E-state index in [1.807, 2.05) is 31.2 Å². The van der Waals surface area contributed by atoms with Crippen LogP contribution in [0.15, 0.2) is 52.2 Å². The average molecular weight is 439 g/mol. The van der Waals surface area contributed by atoms with Gasteiger partial charge in [-0.05, 0) is 57.2 Å². The number of likely N-dealkylation sites (tertiary alicyclic amines) is 1. The van der Waals surface area contributed by atoms with Crippen LogP contribution in [0.5, 0.6) is 0 Å². The number of aryl methyl sites for hydroxylation is 1. The SMILES string of the molecule is CCC1CCCCN1C(=O)C(C)Sc1nnc(-c2ccccc2C)n1Cc1ccco1. The van der Waals surface area contributed by atoms with Crippen molar-refractivity contribution in [2.75, 3.05) is 6.54 Å². The lowest BCUT2D eigenvalue weighted by Gasteiger charge is -2.36. The number of carbonyl (C=O) groups is 1. The van der Waals surface area contributed by atoms with Gasteiger partial charge in [0.25, 0.3) is 0 Å². The Morgan fingerprint density at radius 1 is 1.23 bits per heavy atom. The number of carbonyl (C=O) groups excluding carboxylic acids is 1. The highest BCUT2D eigenvalue weighted by atomic mass is 32.2. The van der Waals surface area contributed by atoms with Gasteiger partial charge in [0.15, 0.2) is 11.0 Å². The van der Waals surface area contributed by atoms with Gasteiger partial charge in [-0.3, -0.25) is 9.36 Å². The van der Waals surface area contributed by atoms with E-state index in [4.69, 9.17) is 4.42 Å². The van der Waals surface area contributed by atoms with Gasteiger partial charge in [-0.15, -0.1) is 10.2 Å². The van der Waals surface area contributed by atoms with Crippen molar-refractivity contribution in [3.8, 4) is 11.4 Å². The summed E-state index contributed by atoms with van der Waals surface area (Å²) < 4.78 is 7.66. The normalized spacial score (nSPS) is 17.6. The molecule has 1 aliphatic heterocycles. The van der Waals surface area contributed by atoms with Crippen molar-refractivity contribution < 1.29 is 9.21 Å². The van der Waals surface area contributed by atoms with Gasteiger partial charge in [0.2, 0.25) is 5.91 Å². The number of nitrogens with zero attached hydrogens (tertiary/aromatic N) is 4. The summed E-state index contributed by atoms with van der Waals surface area (Å²) in [7, 11) is 0. The molecule has 2 atom stereocenters. The lowest BCUT2D eigenvalue weighted by molar-refractivity contribution is -0.134. The van der Waals surface area contributed by atoms with E-state index in [2.05, 4.69) is 45.6 Å². The average Bonchev–Trinajstić information content (AvgIpc) is 3.44. The van der Waals surface area contributed by atoms with Crippen LogP contribution in [0.3, 0.4) is 0 Å². The molecule has 0 N–H and O–H groups in total. The first-order valence-corrected chi connectivity index (χ1v) is 11.9. The molecule has 4 rings (SSSR count). The number of hydrogen-bond donors (Lipinski definition) is 0. The fourth-order valence-corrected chi connectivity index (χ4v) is 5.18. The van der Waals surface area contributed by atoms with Crippen LogP contribution in [0.2, 0.25) is 0 Å². The first-order valence-electron chi connectivity index (χ1n) is 11.1. The second-order valence-corrected chi connectivity index (χ2v) is 9.44. The number of piperidine rings is 1. The maximum absolute atomic E-state index is 13.3. The van der Waals surface area contributed by atoms with Crippen molar-refractivity contribution in [1.29, 1.82) is 0 Å². The fourth-order valence-electron chi connectivity index (χ4n) is 4.26. The minimum absolute atomic E-state index is 0.196. The van der Waals surface area contributed by atoms with Crippen molar-refractivity contribution in [2.45, 2.75) is 69.4 Å². The van der Waals surface area contributed by atoms with E-state index in [1.165, 1.54) is 18.2 Å². The predicted octanol–water partition coefficient (Wildman–Crippen LogP) is 5.17. The molecule has 0 radical (unpaired) electrons. The monoisotopic (exact) mass is 438 g/mol. The van der Waals surface area contributed by atoms with E-state index in [-0.39, 0.29) is 11.2 Å². The highest BCUT2D eigenvalue weighted by Crippen LogP contribution is 2.31. The second-order valence-electron chi connectivity index (χ2n) is 8.14. The summed E-state index contributed by atoms with van der Waals surface area (Å²) in [6.07, 6.45) is 6.08. The minimum Gasteiger partial charge on any atom is -0.467 e. The Labute approximate surface area is 188 Å². The summed E-state index contributed by atoms with van der Waals surface area (Å²) in [5, 5.41) is 9.50. The molecule has 1 fully saturated rings. The molecule has 2 unspecified atom stereocenters. The molecule has 164 valence electrons. The molecule has 0 spiro atoms. The third kappa shape index (κ3) is 4.71. The van der Waals surface area contributed by atoms with Gasteiger partial charge in [0, 0.05) is 18.2 Å². The molecule has 0 saturated carbocycles. The molecule has 1 amide bonds. The van der Waals surface area contributed by atoms with Crippen molar-refractivity contribution >= 4 is 17.7 Å². The van der Waals surface area contributed by atoms with E-state index < -0.39 is 0 Å². The number of aromatic nitrogens is 3. The lowest BCUT2D eigenvalue weighted by Crippen LogP contribution is -2.46. The summed E-state index contributed by atoms with van der Waals surface area (Å²) in [5.74, 6) is 1.82. The first kappa shape index (κ1) is 21.7. The summed E-state index contributed by atoms with van der Waals surface area (Å²) >= 11 is 1.48. The molecule has 3 aromatic rings. The van der Waals surface area contributed by atoms with Crippen molar-refractivity contribution in [3.63, 3.8) is 0 Å². The highest BCUT2D eigenvalue weighted by molar-refractivity contribution is 8.00. The summed E-state index contributed by atoms with van der Waals surface area (Å²) in [6, 6.07) is 12.3. The standard InChI is InChI=1S/C24H30N4O2S/c1-4-19-11-7-8-14-27(19)23(29)18(3)31-24-26-25-22(21-13-6-5-10-17(21)2)28(24)16-20-12-9-15-30-20/h5-6,9-10,12-13,15,18-19H,4,7-8,11,14,16H2,1-3H3.